The van der Waals surface area contributed by atoms with Gasteiger partial charge in [0.05, 0.1) is 18.9 Å². The smallest absolute Gasteiger partial charge is 0.356 e. The fourth-order valence-electron chi connectivity index (χ4n) is 1.76. The molecule has 1 fully saturated rings. The van der Waals surface area contributed by atoms with Crippen LogP contribution < -0.4 is 5.32 Å². The van der Waals surface area contributed by atoms with E-state index in [0.717, 1.165) is 0 Å². The van der Waals surface area contributed by atoms with Crippen LogP contribution >= 0.6 is 0 Å². The van der Waals surface area contributed by atoms with E-state index in [1.54, 1.807) is 6.07 Å². The van der Waals surface area contributed by atoms with E-state index in [-0.39, 0.29) is 12.2 Å². The highest BCUT2D eigenvalue weighted by Gasteiger charge is 2.43. The number of rotatable bonds is 4. The first kappa shape index (κ1) is 10.9. The van der Waals surface area contributed by atoms with Crippen LogP contribution in [0.4, 0.5) is 10.2 Å². The van der Waals surface area contributed by atoms with E-state index < -0.39 is 11.6 Å². The van der Waals surface area contributed by atoms with Gasteiger partial charge in [-0.3, -0.25) is 0 Å². The standard InChI is InChI=1S/C11H11FN4O2/c12-11(2-3-11)6-14-9-7-1-4-15-16(7)8(5-13-9)10(17)18/h1,4-5H,2-3,6H2,(H,13,14)(H,17,18). The third-order valence-electron chi connectivity index (χ3n) is 3.01. The fraction of sp³-hybridized carbons (Fsp3) is 0.364. The molecule has 3 rings (SSSR count). The largest absolute Gasteiger partial charge is 0.476 e. The maximum Gasteiger partial charge on any atom is 0.356 e. The highest BCUT2D eigenvalue weighted by molar-refractivity contribution is 5.87. The van der Waals surface area contributed by atoms with Crippen LogP contribution in [0.1, 0.15) is 23.3 Å². The molecule has 2 aromatic rings. The number of hydrogen-bond donors (Lipinski definition) is 2. The zero-order valence-electron chi connectivity index (χ0n) is 9.43. The van der Waals surface area contributed by atoms with Crippen molar-refractivity contribution in [3.05, 3.63) is 24.2 Å². The van der Waals surface area contributed by atoms with Crippen LogP contribution in [0.15, 0.2) is 18.5 Å². The summed E-state index contributed by atoms with van der Waals surface area (Å²) in [7, 11) is 0. The lowest BCUT2D eigenvalue weighted by Crippen LogP contribution is -2.18. The number of nitrogens with one attached hydrogen (secondary N) is 1. The number of carbonyl (C=O) groups is 1. The summed E-state index contributed by atoms with van der Waals surface area (Å²) in [6.45, 7) is 0.188. The number of aromatic carboxylic acids is 1. The number of hydrogen-bond acceptors (Lipinski definition) is 4. The highest BCUT2D eigenvalue weighted by Crippen LogP contribution is 2.39. The van der Waals surface area contributed by atoms with Gasteiger partial charge in [-0.1, -0.05) is 0 Å². The third kappa shape index (κ3) is 1.77. The molecule has 2 aromatic heterocycles. The van der Waals surface area contributed by atoms with Gasteiger partial charge in [0.2, 0.25) is 0 Å². The number of fused-ring (bicyclic) bond motifs is 1. The summed E-state index contributed by atoms with van der Waals surface area (Å²) in [5.74, 6) is -0.659. The predicted octanol–water partition coefficient (Wildman–Crippen LogP) is 1.34. The summed E-state index contributed by atoms with van der Waals surface area (Å²) < 4.78 is 14.8. The van der Waals surface area contributed by atoms with E-state index in [0.29, 0.717) is 24.2 Å². The van der Waals surface area contributed by atoms with Crippen molar-refractivity contribution < 1.29 is 14.3 Å². The minimum atomic E-state index is -1.13. The van der Waals surface area contributed by atoms with Gasteiger partial charge in [0.15, 0.2) is 11.5 Å². The lowest BCUT2D eigenvalue weighted by molar-refractivity contribution is 0.0687. The molecule has 0 atom stereocenters. The molecule has 7 heteroatoms. The van der Waals surface area contributed by atoms with Crippen molar-refractivity contribution in [3.8, 4) is 0 Å². The van der Waals surface area contributed by atoms with Gasteiger partial charge >= 0.3 is 5.97 Å². The van der Waals surface area contributed by atoms with E-state index >= 15 is 0 Å². The fourth-order valence-corrected chi connectivity index (χ4v) is 1.76. The first-order valence-corrected chi connectivity index (χ1v) is 5.58. The molecule has 18 heavy (non-hydrogen) atoms. The Morgan fingerprint density at radius 2 is 2.39 bits per heavy atom. The van der Waals surface area contributed by atoms with Gasteiger partial charge in [-0.15, -0.1) is 0 Å². The van der Waals surface area contributed by atoms with Gasteiger partial charge in [0.25, 0.3) is 0 Å². The van der Waals surface area contributed by atoms with Crippen LogP contribution in [0.2, 0.25) is 0 Å². The van der Waals surface area contributed by atoms with Crippen LogP contribution in [0.25, 0.3) is 5.52 Å². The van der Waals surface area contributed by atoms with Gasteiger partial charge in [-0.25, -0.2) is 18.7 Å². The summed E-state index contributed by atoms with van der Waals surface area (Å²) in [6, 6.07) is 1.64. The molecule has 0 radical (unpaired) electrons. The van der Waals surface area contributed by atoms with E-state index in [2.05, 4.69) is 15.4 Å². The van der Waals surface area contributed by atoms with Crippen molar-refractivity contribution in [3.63, 3.8) is 0 Å². The maximum atomic E-state index is 13.5. The molecule has 0 aromatic carbocycles. The molecule has 0 amide bonds. The van der Waals surface area contributed by atoms with Crippen molar-refractivity contribution in [2.24, 2.45) is 0 Å². The topological polar surface area (TPSA) is 79.5 Å². The lowest BCUT2D eigenvalue weighted by Gasteiger charge is -2.10. The van der Waals surface area contributed by atoms with Crippen molar-refractivity contribution in [2.45, 2.75) is 18.5 Å². The highest BCUT2D eigenvalue weighted by atomic mass is 19.1. The molecule has 0 bridgehead atoms. The van der Waals surface area contributed by atoms with Gasteiger partial charge < -0.3 is 10.4 Å². The summed E-state index contributed by atoms with van der Waals surface area (Å²) >= 11 is 0. The zero-order chi connectivity index (χ0) is 12.8. The average Bonchev–Trinajstić information content (AvgIpc) is 2.89. The number of halogens is 1. The minimum Gasteiger partial charge on any atom is -0.476 e. The molecule has 0 unspecified atom stereocenters. The molecule has 0 saturated heterocycles. The Hall–Kier alpha value is -2.18. The third-order valence-corrected chi connectivity index (χ3v) is 3.01. The summed E-state index contributed by atoms with van der Waals surface area (Å²) in [4.78, 5) is 15.0. The van der Waals surface area contributed by atoms with Gasteiger partial charge in [0.1, 0.15) is 11.2 Å². The van der Waals surface area contributed by atoms with Crippen molar-refractivity contribution in [1.29, 1.82) is 0 Å². The van der Waals surface area contributed by atoms with Crippen LogP contribution in [0.3, 0.4) is 0 Å². The van der Waals surface area contributed by atoms with Crippen molar-refractivity contribution in [1.82, 2.24) is 14.6 Å². The second kappa shape index (κ2) is 3.66. The Bertz CT molecular complexity index is 621. The van der Waals surface area contributed by atoms with Gasteiger partial charge in [-0.05, 0) is 18.9 Å². The monoisotopic (exact) mass is 250 g/mol. The lowest BCUT2D eigenvalue weighted by atomic mass is 10.3. The molecular weight excluding hydrogens is 239 g/mol. The Morgan fingerprint density at radius 3 is 3.06 bits per heavy atom. The zero-order valence-corrected chi connectivity index (χ0v) is 9.43. The Labute approximate surface area is 101 Å². The normalized spacial score (nSPS) is 16.7. The first-order valence-electron chi connectivity index (χ1n) is 5.58. The van der Waals surface area contributed by atoms with Crippen LogP contribution in [0, 0.1) is 0 Å². The molecule has 0 spiro atoms. The summed E-state index contributed by atoms with van der Waals surface area (Å²) in [5.41, 5.74) is -0.634. The quantitative estimate of drug-likeness (QED) is 0.856. The second-order valence-electron chi connectivity index (χ2n) is 4.43. The summed E-state index contributed by atoms with van der Waals surface area (Å²) in [5, 5.41) is 15.8. The Kier molecular flexibility index (Phi) is 2.22. The molecule has 0 aliphatic heterocycles. The molecule has 94 valence electrons. The molecule has 2 heterocycles. The molecule has 6 nitrogen and oxygen atoms in total. The average molecular weight is 250 g/mol. The Balaban J connectivity index is 1.95. The molecular formula is C11H11FN4O2. The van der Waals surface area contributed by atoms with Crippen LogP contribution in [-0.2, 0) is 0 Å². The van der Waals surface area contributed by atoms with Crippen molar-refractivity contribution >= 4 is 17.3 Å². The molecule has 1 aliphatic carbocycles. The number of carboxylic acids is 1. The SMILES string of the molecule is O=C(O)c1cnc(NCC2(F)CC2)c2ccnn12. The molecule has 1 aliphatic rings. The van der Waals surface area contributed by atoms with E-state index in [1.165, 1.54) is 16.9 Å². The second-order valence-corrected chi connectivity index (χ2v) is 4.43. The van der Waals surface area contributed by atoms with E-state index in [1.807, 2.05) is 0 Å². The number of anilines is 1. The molecule has 1 saturated carbocycles. The van der Waals surface area contributed by atoms with Crippen LogP contribution in [0.5, 0.6) is 0 Å². The van der Waals surface area contributed by atoms with E-state index in [9.17, 15) is 9.18 Å². The minimum absolute atomic E-state index is 0.0260. The number of alkyl halides is 1. The van der Waals surface area contributed by atoms with E-state index in [4.69, 9.17) is 5.11 Å². The maximum absolute atomic E-state index is 13.5. The number of nitrogens with zero attached hydrogens (tertiary/aromatic N) is 3. The van der Waals surface area contributed by atoms with Crippen LogP contribution in [-0.4, -0.2) is 37.9 Å². The summed E-state index contributed by atoms with van der Waals surface area (Å²) in [6.07, 6.45) is 3.81. The van der Waals surface area contributed by atoms with Crippen molar-refractivity contribution in [2.75, 3.05) is 11.9 Å². The van der Waals surface area contributed by atoms with Gasteiger partial charge in [0, 0.05) is 0 Å². The first-order chi connectivity index (χ1) is 8.59. The van der Waals surface area contributed by atoms with Gasteiger partial charge in [-0.2, -0.15) is 5.10 Å². The molecule has 2 N–H and O–H groups in total. The number of aromatic nitrogens is 3. The number of carboxylic acid groups (broad SMARTS) is 1. The Morgan fingerprint density at radius 1 is 1.61 bits per heavy atom. The predicted molar refractivity (Wildman–Crippen MR) is 61.5 cm³/mol.